The van der Waals surface area contributed by atoms with Gasteiger partial charge in [-0.3, -0.25) is 0 Å². The Labute approximate surface area is 171 Å². The fourth-order valence-electron chi connectivity index (χ4n) is 5.30. The summed E-state index contributed by atoms with van der Waals surface area (Å²) >= 11 is 0. The van der Waals surface area contributed by atoms with Crippen LogP contribution >= 0.6 is 0 Å². The Morgan fingerprint density at radius 2 is 2.00 bits per heavy atom. The van der Waals surface area contributed by atoms with Crippen LogP contribution in [0.3, 0.4) is 0 Å². The number of nitrogens with zero attached hydrogens (tertiary/aromatic N) is 2. The zero-order chi connectivity index (χ0) is 20.0. The van der Waals surface area contributed by atoms with Crippen LogP contribution in [-0.4, -0.2) is 30.5 Å². The molecule has 150 valence electrons. The van der Waals surface area contributed by atoms with Gasteiger partial charge in [-0.15, -0.1) is 0 Å². The predicted molar refractivity (Wildman–Crippen MR) is 118 cm³/mol. The average molecular weight is 389 g/mol. The zero-order valence-corrected chi connectivity index (χ0v) is 16.7. The van der Waals surface area contributed by atoms with Gasteiger partial charge in [-0.25, -0.2) is 0 Å². The maximum atomic E-state index is 10.1. The second-order valence-electron chi connectivity index (χ2n) is 8.60. The lowest BCUT2D eigenvalue weighted by Crippen LogP contribution is -2.44. The van der Waals surface area contributed by atoms with Gasteiger partial charge in [0, 0.05) is 48.9 Å². The Morgan fingerprint density at radius 1 is 1.21 bits per heavy atom. The van der Waals surface area contributed by atoms with E-state index in [1.165, 1.54) is 11.1 Å². The number of aromatic hydroxyl groups is 1. The second-order valence-corrected chi connectivity index (χ2v) is 8.60. The summed E-state index contributed by atoms with van der Waals surface area (Å²) in [6.45, 7) is 7.04. The molecule has 0 amide bonds. The first-order valence-corrected chi connectivity index (χ1v) is 10.5. The Balaban J connectivity index is 1.39. The van der Waals surface area contributed by atoms with Crippen LogP contribution in [0.5, 0.6) is 5.75 Å². The molecule has 3 aliphatic rings. The van der Waals surface area contributed by atoms with Gasteiger partial charge >= 0.3 is 0 Å². The van der Waals surface area contributed by atoms with Gasteiger partial charge in [-0.05, 0) is 54.0 Å². The lowest BCUT2D eigenvalue weighted by Gasteiger charge is -2.43. The van der Waals surface area contributed by atoms with Crippen molar-refractivity contribution in [3.8, 4) is 5.75 Å². The summed E-state index contributed by atoms with van der Waals surface area (Å²) in [7, 11) is 0. The fourth-order valence-corrected chi connectivity index (χ4v) is 5.30. The minimum Gasteiger partial charge on any atom is -0.508 e. The van der Waals surface area contributed by atoms with Crippen molar-refractivity contribution in [3.63, 3.8) is 0 Å². The molecule has 2 aromatic rings. The van der Waals surface area contributed by atoms with Crippen molar-refractivity contribution in [2.24, 2.45) is 16.3 Å². The molecule has 5 heteroatoms. The number of phenols is 1. The molecule has 0 radical (unpaired) electrons. The van der Waals surface area contributed by atoms with E-state index in [0.717, 1.165) is 67.9 Å². The SMILES string of the molecule is C=C(C1=NNCC1)c1cc(O)ccc1N1CCC2(CC1)Cc1ccccc1[C@H]2N. The molecule has 2 aliphatic heterocycles. The maximum absolute atomic E-state index is 10.1. The van der Waals surface area contributed by atoms with Gasteiger partial charge in [-0.2, -0.15) is 5.10 Å². The van der Waals surface area contributed by atoms with E-state index < -0.39 is 0 Å². The predicted octanol–water partition coefficient (Wildman–Crippen LogP) is 3.60. The number of nitrogens with one attached hydrogen (secondary N) is 1. The van der Waals surface area contributed by atoms with Crippen LogP contribution in [0, 0.1) is 5.41 Å². The normalized spacial score (nSPS) is 22.3. The van der Waals surface area contributed by atoms with Gasteiger partial charge in [0.1, 0.15) is 5.75 Å². The first kappa shape index (κ1) is 18.3. The van der Waals surface area contributed by atoms with E-state index in [4.69, 9.17) is 5.73 Å². The van der Waals surface area contributed by atoms with Crippen molar-refractivity contribution in [1.29, 1.82) is 0 Å². The summed E-state index contributed by atoms with van der Waals surface area (Å²) < 4.78 is 0. The quantitative estimate of drug-likeness (QED) is 0.751. The first-order chi connectivity index (χ1) is 14.1. The second kappa shape index (κ2) is 6.92. The Kier molecular flexibility index (Phi) is 4.36. The fraction of sp³-hybridized carbons (Fsp3) is 0.375. The van der Waals surface area contributed by atoms with Crippen LogP contribution in [0.15, 0.2) is 54.1 Å². The van der Waals surface area contributed by atoms with E-state index >= 15 is 0 Å². The monoisotopic (exact) mass is 388 g/mol. The molecular formula is C24H28N4O. The van der Waals surface area contributed by atoms with Crippen molar-refractivity contribution in [3.05, 3.63) is 65.7 Å². The molecule has 5 nitrogen and oxygen atoms in total. The minimum atomic E-state index is 0.119. The van der Waals surface area contributed by atoms with Gasteiger partial charge < -0.3 is 21.2 Å². The molecule has 0 saturated carbocycles. The molecule has 1 fully saturated rings. The van der Waals surface area contributed by atoms with Crippen molar-refractivity contribution >= 4 is 17.0 Å². The smallest absolute Gasteiger partial charge is 0.116 e. The van der Waals surface area contributed by atoms with Crippen LogP contribution in [-0.2, 0) is 6.42 Å². The summed E-state index contributed by atoms with van der Waals surface area (Å²) in [5, 5.41) is 14.5. The third kappa shape index (κ3) is 3.01. The zero-order valence-electron chi connectivity index (χ0n) is 16.7. The number of phenolic OH excluding ortho intramolecular Hbond substituents is 1. The highest BCUT2D eigenvalue weighted by atomic mass is 16.3. The van der Waals surface area contributed by atoms with Crippen LogP contribution in [0.4, 0.5) is 5.69 Å². The maximum Gasteiger partial charge on any atom is 0.116 e. The van der Waals surface area contributed by atoms with Crippen molar-refractivity contribution in [2.45, 2.75) is 31.7 Å². The first-order valence-electron chi connectivity index (χ1n) is 10.5. The topological polar surface area (TPSA) is 73.9 Å². The number of anilines is 1. The molecule has 2 heterocycles. The summed E-state index contributed by atoms with van der Waals surface area (Å²) in [6.07, 6.45) is 4.08. The summed E-state index contributed by atoms with van der Waals surface area (Å²) in [5.41, 5.74) is 16.6. The highest BCUT2D eigenvalue weighted by Crippen LogP contribution is 2.51. The summed E-state index contributed by atoms with van der Waals surface area (Å²) in [5.74, 6) is 0.262. The number of hydrogen-bond acceptors (Lipinski definition) is 5. The lowest BCUT2D eigenvalue weighted by molar-refractivity contribution is 0.187. The third-order valence-corrected chi connectivity index (χ3v) is 7.03. The molecular weight excluding hydrogens is 360 g/mol. The Hall–Kier alpha value is -2.79. The van der Waals surface area contributed by atoms with Crippen molar-refractivity contribution < 1.29 is 5.11 Å². The van der Waals surface area contributed by atoms with Gasteiger partial charge in [-0.1, -0.05) is 30.8 Å². The van der Waals surface area contributed by atoms with Crippen LogP contribution < -0.4 is 16.1 Å². The van der Waals surface area contributed by atoms with E-state index in [1.54, 1.807) is 6.07 Å². The average Bonchev–Trinajstić information content (AvgIpc) is 3.36. The molecule has 1 atom stereocenters. The van der Waals surface area contributed by atoms with Gasteiger partial charge in [0.05, 0.1) is 5.71 Å². The third-order valence-electron chi connectivity index (χ3n) is 7.03. The van der Waals surface area contributed by atoms with E-state index in [2.05, 4.69) is 46.3 Å². The molecule has 0 unspecified atom stereocenters. The Bertz CT molecular complexity index is 988. The van der Waals surface area contributed by atoms with E-state index in [-0.39, 0.29) is 17.2 Å². The lowest BCUT2D eigenvalue weighted by atomic mass is 9.73. The number of rotatable bonds is 3. The molecule has 4 N–H and O–H groups in total. The van der Waals surface area contributed by atoms with E-state index in [9.17, 15) is 5.11 Å². The van der Waals surface area contributed by atoms with Gasteiger partial charge in [0.25, 0.3) is 0 Å². The number of fused-ring (bicyclic) bond motifs is 1. The number of hydrogen-bond donors (Lipinski definition) is 3. The number of nitrogens with two attached hydrogens (primary N) is 1. The highest BCUT2D eigenvalue weighted by molar-refractivity contribution is 6.25. The summed E-state index contributed by atoms with van der Waals surface area (Å²) in [6, 6.07) is 14.4. The Morgan fingerprint density at radius 3 is 2.72 bits per heavy atom. The van der Waals surface area contributed by atoms with Gasteiger partial charge in [0.2, 0.25) is 0 Å². The van der Waals surface area contributed by atoms with Gasteiger partial charge in [0.15, 0.2) is 0 Å². The van der Waals surface area contributed by atoms with E-state index in [1.807, 2.05) is 12.1 Å². The number of benzene rings is 2. The molecule has 0 bridgehead atoms. The van der Waals surface area contributed by atoms with Crippen molar-refractivity contribution in [2.75, 3.05) is 24.5 Å². The highest BCUT2D eigenvalue weighted by Gasteiger charge is 2.45. The molecule has 1 spiro atoms. The van der Waals surface area contributed by atoms with Crippen LogP contribution in [0.25, 0.3) is 5.57 Å². The molecule has 1 saturated heterocycles. The van der Waals surface area contributed by atoms with Crippen LogP contribution in [0.1, 0.15) is 42.0 Å². The molecule has 0 aromatic heterocycles. The number of hydrazone groups is 1. The standard InChI is InChI=1S/C24H28N4O/c1-16(21-8-11-26-27-21)20-14-18(29)6-7-22(20)28-12-9-24(10-13-28)15-17-4-2-3-5-19(17)23(24)25/h2-7,14,23,26,29H,1,8-13,15,25H2/t23-/m1/s1. The minimum absolute atomic E-state index is 0.119. The molecule has 2 aromatic carbocycles. The number of allylic oxidation sites excluding steroid dienone is 1. The van der Waals surface area contributed by atoms with E-state index in [0.29, 0.717) is 0 Å². The molecule has 1 aliphatic carbocycles. The molecule has 29 heavy (non-hydrogen) atoms. The number of piperidine rings is 1. The summed E-state index contributed by atoms with van der Waals surface area (Å²) in [4.78, 5) is 2.42. The van der Waals surface area contributed by atoms with Crippen molar-refractivity contribution in [1.82, 2.24) is 5.43 Å². The molecule has 5 rings (SSSR count). The van der Waals surface area contributed by atoms with Crippen LogP contribution in [0.2, 0.25) is 0 Å². The largest absolute Gasteiger partial charge is 0.508 e.